The minimum absolute atomic E-state index is 0.0216. The van der Waals surface area contributed by atoms with E-state index in [1.54, 1.807) is 6.07 Å². The largest absolute Gasteiger partial charge is 0.475 e. The Balaban J connectivity index is 2.00. The van der Waals surface area contributed by atoms with Crippen molar-refractivity contribution in [2.45, 2.75) is 0 Å². The quantitative estimate of drug-likeness (QED) is 0.357. The molecule has 0 bridgehead atoms. The molecule has 2 aromatic rings. The number of nitro benzene ring substituents is 1. The molecule has 0 N–H and O–H groups in total. The fourth-order valence-electron chi connectivity index (χ4n) is 1.58. The third-order valence-corrected chi connectivity index (χ3v) is 3.06. The maximum Gasteiger partial charge on any atom is 0.349 e. The maximum atomic E-state index is 11.7. The van der Waals surface area contributed by atoms with Gasteiger partial charge in [0.1, 0.15) is 5.75 Å². The third kappa shape index (κ3) is 4.09. The molecule has 114 valence electrons. The molecule has 0 amide bonds. The van der Waals surface area contributed by atoms with Crippen LogP contribution in [0.4, 0.5) is 5.69 Å². The smallest absolute Gasteiger partial charge is 0.349 e. The van der Waals surface area contributed by atoms with Gasteiger partial charge in [-0.2, -0.15) is 0 Å². The lowest BCUT2D eigenvalue weighted by Crippen LogP contribution is -2.18. The molecule has 0 aromatic heterocycles. The number of rotatable bonds is 5. The number of carbonyl (C=O) groups excluding carboxylic acids is 1. The number of benzene rings is 2. The molecular weight excluding hydrogens is 333 g/mol. The zero-order valence-electron chi connectivity index (χ0n) is 11.0. The van der Waals surface area contributed by atoms with Gasteiger partial charge in [0.25, 0.3) is 0 Å². The summed E-state index contributed by atoms with van der Waals surface area (Å²) in [6.45, 7) is -0.496. The summed E-state index contributed by atoms with van der Waals surface area (Å²) in [5.74, 6) is -0.642. The van der Waals surface area contributed by atoms with Gasteiger partial charge in [0.05, 0.1) is 9.95 Å². The average molecular weight is 342 g/mol. The van der Waals surface area contributed by atoms with Gasteiger partial charge in [0, 0.05) is 11.1 Å². The average Bonchev–Trinajstić information content (AvgIpc) is 2.48. The van der Waals surface area contributed by atoms with E-state index in [2.05, 4.69) is 0 Å². The summed E-state index contributed by atoms with van der Waals surface area (Å²) in [4.78, 5) is 21.9. The topological polar surface area (TPSA) is 78.7 Å². The lowest BCUT2D eigenvalue weighted by atomic mass is 10.3. The fraction of sp³-hybridized carbons (Fsp3) is 0.0714. The van der Waals surface area contributed by atoms with E-state index >= 15 is 0 Å². The summed E-state index contributed by atoms with van der Waals surface area (Å²) in [6, 6.07) is 10.1. The van der Waals surface area contributed by atoms with E-state index in [1.807, 2.05) is 0 Å². The number of hydrogen-bond acceptors (Lipinski definition) is 5. The monoisotopic (exact) mass is 341 g/mol. The van der Waals surface area contributed by atoms with Crippen molar-refractivity contribution >= 4 is 34.9 Å². The van der Waals surface area contributed by atoms with E-state index in [0.717, 1.165) is 0 Å². The van der Waals surface area contributed by atoms with Crippen LogP contribution in [0.15, 0.2) is 42.5 Å². The lowest BCUT2D eigenvalue weighted by molar-refractivity contribution is -0.385. The van der Waals surface area contributed by atoms with Crippen LogP contribution in [0.25, 0.3) is 0 Å². The van der Waals surface area contributed by atoms with Gasteiger partial charge in [-0.1, -0.05) is 35.3 Å². The molecule has 8 heteroatoms. The first-order chi connectivity index (χ1) is 10.5. The highest BCUT2D eigenvalue weighted by atomic mass is 35.5. The van der Waals surface area contributed by atoms with E-state index in [-0.39, 0.29) is 22.2 Å². The Morgan fingerprint density at radius 2 is 1.86 bits per heavy atom. The van der Waals surface area contributed by atoms with Gasteiger partial charge >= 0.3 is 11.7 Å². The second kappa shape index (κ2) is 7.11. The molecule has 0 heterocycles. The van der Waals surface area contributed by atoms with E-state index in [4.69, 9.17) is 32.7 Å². The van der Waals surface area contributed by atoms with Crippen molar-refractivity contribution in [3.05, 3.63) is 62.6 Å². The molecule has 0 saturated heterocycles. The predicted molar refractivity (Wildman–Crippen MR) is 80.7 cm³/mol. The molecule has 0 unspecified atom stereocenters. The van der Waals surface area contributed by atoms with Crippen LogP contribution in [0.1, 0.15) is 0 Å². The van der Waals surface area contributed by atoms with Crippen LogP contribution in [0.5, 0.6) is 11.5 Å². The van der Waals surface area contributed by atoms with Gasteiger partial charge in [-0.25, -0.2) is 4.79 Å². The highest BCUT2D eigenvalue weighted by Gasteiger charge is 2.16. The van der Waals surface area contributed by atoms with Crippen LogP contribution < -0.4 is 9.47 Å². The van der Waals surface area contributed by atoms with Gasteiger partial charge in [0.2, 0.25) is 0 Å². The Morgan fingerprint density at radius 1 is 1.14 bits per heavy atom. The number of hydrogen-bond donors (Lipinski definition) is 0. The molecule has 22 heavy (non-hydrogen) atoms. The van der Waals surface area contributed by atoms with Crippen molar-refractivity contribution in [3.63, 3.8) is 0 Å². The summed E-state index contributed by atoms with van der Waals surface area (Å²) < 4.78 is 10.1. The molecular formula is C14H9Cl2NO5. The zero-order chi connectivity index (χ0) is 16.1. The van der Waals surface area contributed by atoms with Crippen molar-refractivity contribution < 1.29 is 19.2 Å². The van der Waals surface area contributed by atoms with Crippen molar-refractivity contribution in [3.8, 4) is 11.5 Å². The highest BCUT2D eigenvalue weighted by molar-refractivity contribution is 6.35. The van der Waals surface area contributed by atoms with Crippen molar-refractivity contribution in [1.82, 2.24) is 0 Å². The summed E-state index contributed by atoms with van der Waals surface area (Å²) in [7, 11) is 0. The number of para-hydroxylation sites is 2. The Morgan fingerprint density at radius 3 is 2.55 bits per heavy atom. The molecule has 0 aliphatic rings. The fourth-order valence-corrected chi connectivity index (χ4v) is 2.02. The van der Waals surface area contributed by atoms with Crippen LogP contribution in [0.2, 0.25) is 10.0 Å². The van der Waals surface area contributed by atoms with E-state index in [0.29, 0.717) is 5.02 Å². The minimum atomic E-state index is -0.748. The van der Waals surface area contributed by atoms with Crippen molar-refractivity contribution in [2.24, 2.45) is 0 Å². The van der Waals surface area contributed by atoms with Gasteiger partial charge in [-0.3, -0.25) is 10.1 Å². The lowest BCUT2D eigenvalue weighted by Gasteiger charge is -2.08. The van der Waals surface area contributed by atoms with Crippen LogP contribution in [-0.4, -0.2) is 17.5 Å². The molecule has 0 fully saturated rings. The summed E-state index contributed by atoms with van der Waals surface area (Å²) in [6.07, 6.45) is 0. The highest BCUT2D eigenvalue weighted by Crippen LogP contribution is 2.28. The number of nitrogens with zero attached hydrogens (tertiary/aromatic N) is 1. The van der Waals surface area contributed by atoms with Gasteiger partial charge < -0.3 is 9.47 Å². The van der Waals surface area contributed by atoms with Crippen molar-refractivity contribution in [1.29, 1.82) is 0 Å². The van der Waals surface area contributed by atoms with Gasteiger partial charge in [0.15, 0.2) is 12.4 Å². The number of nitro groups is 1. The summed E-state index contributed by atoms with van der Waals surface area (Å²) in [5, 5.41) is 11.4. The Hall–Kier alpha value is -2.31. The molecule has 0 aliphatic heterocycles. The Bertz CT molecular complexity index is 720. The molecule has 0 radical (unpaired) electrons. The molecule has 0 saturated carbocycles. The third-order valence-electron chi connectivity index (χ3n) is 2.53. The zero-order valence-corrected chi connectivity index (χ0v) is 12.5. The van der Waals surface area contributed by atoms with Gasteiger partial charge in [-0.05, 0) is 24.3 Å². The van der Waals surface area contributed by atoms with E-state index in [1.165, 1.54) is 36.4 Å². The van der Waals surface area contributed by atoms with Crippen LogP contribution >= 0.6 is 23.2 Å². The van der Waals surface area contributed by atoms with Crippen molar-refractivity contribution in [2.75, 3.05) is 6.61 Å². The number of carbonyl (C=O) groups is 1. The second-order valence-corrected chi connectivity index (χ2v) is 4.91. The molecule has 2 aromatic carbocycles. The minimum Gasteiger partial charge on any atom is -0.475 e. The number of ether oxygens (including phenoxy) is 2. The Labute approximate surface area is 135 Å². The summed E-state index contributed by atoms with van der Waals surface area (Å²) >= 11 is 11.6. The summed E-state index contributed by atoms with van der Waals surface area (Å²) in [5.41, 5.74) is -0.236. The molecule has 0 aliphatic carbocycles. The Kier molecular flexibility index (Phi) is 5.19. The molecule has 2 rings (SSSR count). The maximum absolute atomic E-state index is 11.7. The standard InChI is InChI=1S/C14H9Cl2NO5/c15-9-5-6-12(10(16)7-9)22-14(18)8-21-13-4-2-1-3-11(13)17(19)20/h1-7H,8H2. The SMILES string of the molecule is O=C(COc1ccccc1[N+](=O)[O-])Oc1ccc(Cl)cc1Cl. The van der Waals surface area contributed by atoms with Gasteiger partial charge in [-0.15, -0.1) is 0 Å². The molecule has 0 atom stereocenters. The van der Waals surface area contributed by atoms with E-state index in [9.17, 15) is 14.9 Å². The second-order valence-electron chi connectivity index (χ2n) is 4.06. The molecule has 0 spiro atoms. The predicted octanol–water partition coefficient (Wildman–Crippen LogP) is 3.89. The number of halogens is 2. The first-order valence-corrected chi connectivity index (χ1v) is 6.75. The van der Waals surface area contributed by atoms with Crippen LogP contribution in [-0.2, 0) is 4.79 Å². The normalized spacial score (nSPS) is 10.1. The van der Waals surface area contributed by atoms with E-state index < -0.39 is 17.5 Å². The first-order valence-electron chi connectivity index (χ1n) is 5.99. The van der Waals surface area contributed by atoms with Crippen LogP contribution in [0.3, 0.4) is 0 Å². The molecule has 6 nitrogen and oxygen atoms in total. The first kappa shape index (κ1) is 16.1. The van der Waals surface area contributed by atoms with Crippen LogP contribution in [0, 0.1) is 10.1 Å². The number of esters is 1.